The Morgan fingerprint density at radius 3 is 2.86 bits per heavy atom. The summed E-state index contributed by atoms with van der Waals surface area (Å²) in [5.41, 5.74) is 0. The molecule has 3 rings (SSSR count). The van der Waals surface area contributed by atoms with Gasteiger partial charge in [0.15, 0.2) is 0 Å². The van der Waals surface area contributed by atoms with Crippen molar-refractivity contribution in [1.29, 1.82) is 0 Å². The van der Waals surface area contributed by atoms with Gasteiger partial charge in [0.25, 0.3) is 0 Å². The number of anilines is 2. The first-order chi connectivity index (χ1) is 10.3. The van der Waals surface area contributed by atoms with Gasteiger partial charge < -0.3 is 15.0 Å². The molecular formula is C14H22ClN5O. The van der Waals surface area contributed by atoms with Crippen molar-refractivity contribution in [1.82, 2.24) is 15.0 Å². The summed E-state index contributed by atoms with van der Waals surface area (Å²) in [5.74, 6) is 1.77. The Balaban J connectivity index is 1.64. The second-order valence-electron chi connectivity index (χ2n) is 5.67. The van der Waals surface area contributed by atoms with Crippen LogP contribution in [0.15, 0.2) is 0 Å². The van der Waals surface area contributed by atoms with E-state index in [2.05, 4.69) is 32.1 Å². The highest BCUT2D eigenvalue weighted by atomic mass is 35.5. The van der Waals surface area contributed by atoms with Crippen LogP contribution in [0.2, 0.25) is 5.28 Å². The molecule has 1 aromatic rings. The monoisotopic (exact) mass is 311 g/mol. The van der Waals surface area contributed by atoms with Crippen LogP contribution in [0.25, 0.3) is 0 Å². The molecular weight excluding hydrogens is 290 g/mol. The standard InChI is InChI=1S/C14H22ClN5O/c1-2-11-10(5-8-21-11)9-16-13-17-12(15)18-14(19-13)20-6-3-4-7-20/h10-11H,2-9H2,1H3,(H,16,17,18,19). The lowest BCUT2D eigenvalue weighted by Gasteiger charge is -2.18. The molecule has 0 saturated carbocycles. The summed E-state index contributed by atoms with van der Waals surface area (Å²) in [6, 6.07) is 0. The van der Waals surface area contributed by atoms with E-state index >= 15 is 0 Å². The number of nitrogens with one attached hydrogen (secondary N) is 1. The molecule has 1 aromatic heterocycles. The third-order valence-corrected chi connectivity index (χ3v) is 4.43. The molecule has 116 valence electrons. The SMILES string of the molecule is CCC1OCCC1CNc1nc(Cl)nc(N2CCCC2)n1. The summed E-state index contributed by atoms with van der Waals surface area (Å²) in [7, 11) is 0. The van der Waals surface area contributed by atoms with Crippen molar-refractivity contribution in [3.63, 3.8) is 0 Å². The van der Waals surface area contributed by atoms with Crippen molar-refractivity contribution in [2.45, 2.75) is 38.7 Å². The van der Waals surface area contributed by atoms with E-state index < -0.39 is 0 Å². The molecule has 0 amide bonds. The predicted octanol–water partition coefficient (Wildman–Crippen LogP) is 2.35. The van der Waals surface area contributed by atoms with Gasteiger partial charge in [0, 0.05) is 32.2 Å². The molecule has 0 spiro atoms. The third-order valence-electron chi connectivity index (χ3n) is 4.26. The van der Waals surface area contributed by atoms with E-state index in [1.54, 1.807) is 0 Å². The number of hydrogen-bond acceptors (Lipinski definition) is 6. The van der Waals surface area contributed by atoms with Gasteiger partial charge in [-0.15, -0.1) is 0 Å². The fraction of sp³-hybridized carbons (Fsp3) is 0.786. The smallest absolute Gasteiger partial charge is 0.231 e. The molecule has 1 N–H and O–H groups in total. The molecule has 2 atom stereocenters. The van der Waals surface area contributed by atoms with Crippen molar-refractivity contribution in [2.24, 2.45) is 5.92 Å². The summed E-state index contributed by atoms with van der Waals surface area (Å²) in [5, 5.41) is 3.56. The Labute approximate surface area is 130 Å². The normalized spacial score (nSPS) is 25.5. The van der Waals surface area contributed by atoms with Gasteiger partial charge in [-0.3, -0.25) is 0 Å². The molecule has 0 aromatic carbocycles. The fourth-order valence-electron chi connectivity index (χ4n) is 3.08. The molecule has 2 aliphatic rings. The van der Waals surface area contributed by atoms with Gasteiger partial charge in [-0.1, -0.05) is 6.92 Å². The van der Waals surface area contributed by atoms with Crippen molar-refractivity contribution >= 4 is 23.5 Å². The summed E-state index contributed by atoms with van der Waals surface area (Å²) in [6.45, 7) is 5.82. The van der Waals surface area contributed by atoms with Crippen molar-refractivity contribution in [3.8, 4) is 0 Å². The lowest BCUT2D eigenvalue weighted by Crippen LogP contribution is -2.25. The van der Waals surface area contributed by atoms with E-state index in [0.717, 1.165) is 39.1 Å². The lowest BCUT2D eigenvalue weighted by molar-refractivity contribution is 0.0900. The van der Waals surface area contributed by atoms with Crippen molar-refractivity contribution in [3.05, 3.63) is 5.28 Å². The molecule has 6 nitrogen and oxygen atoms in total. The number of ether oxygens (including phenoxy) is 1. The van der Waals surface area contributed by atoms with Gasteiger partial charge in [0.1, 0.15) is 0 Å². The van der Waals surface area contributed by atoms with Gasteiger partial charge in [-0.2, -0.15) is 15.0 Å². The Bertz CT molecular complexity index is 480. The maximum absolute atomic E-state index is 6.03. The fourth-order valence-corrected chi connectivity index (χ4v) is 3.23. The van der Waals surface area contributed by atoms with Gasteiger partial charge in [0.05, 0.1) is 6.10 Å². The lowest BCUT2D eigenvalue weighted by atomic mass is 10.00. The van der Waals surface area contributed by atoms with Gasteiger partial charge in [0.2, 0.25) is 17.2 Å². The molecule has 0 radical (unpaired) electrons. The molecule has 2 saturated heterocycles. The van der Waals surface area contributed by atoms with Crippen LogP contribution >= 0.6 is 11.6 Å². The molecule has 3 heterocycles. The summed E-state index contributed by atoms with van der Waals surface area (Å²) in [6.07, 6.45) is 4.84. The van der Waals surface area contributed by atoms with Crippen LogP contribution in [-0.4, -0.2) is 47.3 Å². The van der Waals surface area contributed by atoms with Crippen LogP contribution in [0.3, 0.4) is 0 Å². The molecule has 0 bridgehead atoms. The van der Waals surface area contributed by atoms with Crippen LogP contribution < -0.4 is 10.2 Å². The van der Waals surface area contributed by atoms with Crippen LogP contribution in [-0.2, 0) is 4.74 Å². The van der Waals surface area contributed by atoms with E-state index in [0.29, 0.717) is 23.9 Å². The average molecular weight is 312 g/mol. The Morgan fingerprint density at radius 1 is 1.29 bits per heavy atom. The largest absolute Gasteiger partial charge is 0.378 e. The minimum absolute atomic E-state index is 0.254. The van der Waals surface area contributed by atoms with E-state index in [-0.39, 0.29) is 5.28 Å². The Morgan fingerprint density at radius 2 is 2.10 bits per heavy atom. The van der Waals surface area contributed by atoms with E-state index in [1.807, 2.05) is 0 Å². The van der Waals surface area contributed by atoms with Gasteiger partial charge in [-0.05, 0) is 37.3 Å². The molecule has 2 unspecified atom stereocenters. The summed E-state index contributed by atoms with van der Waals surface area (Å²) in [4.78, 5) is 15.1. The Hall–Kier alpha value is -1.14. The Kier molecular flexibility index (Phi) is 4.75. The van der Waals surface area contributed by atoms with Crippen LogP contribution in [0.4, 0.5) is 11.9 Å². The minimum Gasteiger partial charge on any atom is -0.378 e. The summed E-state index contributed by atoms with van der Waals surface area (Å²) >= 11 is 6.03. The number of rotatable bonds is 5. The maximum Gasteiger partial charge on any atom is 0.231 e. The quantitative estimate of drug-likeness (QED) is 0.900. The highest BCUT2D eigenvalue weighted by Crippen LogP contribution is 2.24. The first-order valence-corrected chi connectivity index (χ1v) is 8.16. The van der Waals surface area contributed by atoms with E-state index in [4.69, 9.17) is 16.3 Å². The highest BCUT2D eigenvalue weighted by Gasteiger charge is 2.26. The van der Waals surface area contributed by atoms with Crippen LogP contribution in [0.5, 0.6) is 0 Å². The molecule has 0 aliphatic carbocycles. The molecule has 7 heteroatoms. The second-order valence-corrected chi connectivity index (χ2v) is 6.01. The molecule has 21 heavy (non-hydrogen) atoms. The number of hydrogen-bond donors (Lipinski definition) is 1. The number of aromatic nitrogens is 3. The predicted molar refractivity (Wildman–Crippen MR) is 82.9 cm³/mol. The first-order valence-electron chi connectivity index (χ1n) is 7.78. The molecule has 2 aliphatic heterocycles. The van der Waals surface area contributed by atoms with Gasteiger partial charge in [-0.25, -0.2) is 0 Å². The maximum atomic E-state index is 6.03. The minimum atomic E-state index is 0.254. The zero-order valence-corrected chi connectivity index (χ0v) is 13.1. The molecule has 2 fully saturated rings. The zero-order chi connectivity index (χ0) is 14.7. The topological polar surface area (TPSA) is 63.2 Å². The second kappa shape index (κ2) is 6.75. The van der Waals surface area contributed by atoms with Crippen LogP contribution in [0.1, 0.15) is 32.6 Å². The van der Waals surface area contributed by atoms with Crippen molar-refractivity contribution < 1.29 is 4.74 Å². The average Bonchev–Trinajstić information content (AvgIpc) is 3.15. The van der Waals surface area contributed by atoms with E-state index in [1.165, 1.54) is 12.8 Å². The third kappa shape index (κ3) is 3.55. The highest BCUT2D eigenvalue weighted by molar-refractivity contribution is 6.28. The summed E-state index contributed by atoms with van der Waals surface area (Å²) < 4.78 is 5.70. The van der Waals surface area contributed by atoms with E-state index in [9.17, 15) is 0 Å². The number of nitrogens with zero attached hydrogens (tertiary/aromatic N) is 4. The first kappa shape index (κ1) is 14.8. The zero-order valence-electron chi connectivity index (χ0n) is 12.4. The van der Waals surface area contributed by atoms with Gasteiger partial charge >= 0.3 is 0 Å². The van der Waals surface area contributed by atoms with Crippen LogP contribution in [0, 0.1) is 5.92 Å². The number of halogens is 1. The van der Waals surface area contributed by atoms with Crippen molar-refractivity contribution in [2.75, 3.05) is 36.5 Å².